The predicted octanol–water partition coefficient (Wildman–Crippen LogP) is 3.53. The first kappa shape index (κ1) is 18.8. The van der Waals surface area contributed by atoms with Gasteiger partial charge >= 0.3 is 5.97 Å². The molecule has 5 nitrogen and oxygen atoms in total. The second-order valence-corrected chi connectivity index (χ2v) is 6.44. The van der Waals surface area contributed by atoms with E-state index in [1.807, 2.05) is 31.2 Å². The maximum absolute atomic E-state index is 14.0. The first-order valence-corrected chi connectivity index (χ1v) is 8.63. The van der Waals surface area contributed by atoms with Crippen LogP contribution in [0.15, 0.2) is 36.4 Å². The molecule has 1 N–H and O–H groups in total. The van der Waals surface area contributed by atoms with Gasteiger partial charge in [0, 0.05) is 17.8 Å². The van der Waals surface area contributed by atoms with Gasteiger partial charge in [-0.15, -0.1) is 0 Å². The molecule has 1 atom stereocenters. The summed E-state index contributed by atoms with van der Waals surface area (Å²) in [4.78, 5) is 26.0. The van der Waals surface area contributed by atoms with E-state index < -0.39 is 23.2 Å². The molecule has 0 unspecified atom stereocenters. The number of carbonyl (C=O) groups is 2. The largest absolute Gasteiger partial charge is 0.465 e. The zero-order valence-electron chi connectivity index (χ0n) is 15.1. The number of amides is 1. The molecule has 0 saturated heterocycles. The number of methoxy groups -OCH3 is 1. The van der Waals surface area contributed by atoms with Crippen LogP contribution in [0, 0.1) is 11.6 Å². The van der Waals surface area contributed by atoms with Gasteiger partial charge in [-0.05, 0) is 37.5 Å². The monoisotopic (exact) mass is 374 g/mol. The van der Waals surface area contributed by atoms with Gasteiger partial charge in [-0.2, -0.15) is 0 Å². The van der Waals surface area contributed by atoms with Crippen molar-refractivity contribution in [3.05, 3.63) is 59.2 Å². The molecule has 2 aromatic rings. The highest BCUT2D eigenvalue weighted by molar-refractivity contribution is 5.98. The van der Waals surface area contributed by atoms with Crippen LogP contribution in [0.25, 0.3) is 0 Å². The number of carbonyl (C=O) groups excluding carboxylic acids is 2. The Balaban J connectivity index is 1.79. The fourth-order valence-electron chi connectivity index (χ4n) is 3.28. The molecule has 0 fully saturated rings. The van der Waals surface area contributed by atoms with Gasteiger partial charge in [0.25, 0.3) is 0 Å². The smallest absolute Gasteiger partial charge is 0.340 e. The summed E-state index contributed by atoms with van der Waals surface area (Å²) in [6, 6.07) is 9.28. The van der Waals surface area contributed by atoms with Gasteiger partial charge in [0.1, 0.15) is 11.6 Å². The normalized spacial score (nSPS) is 15.9. The lowest BCUT2D eigenvalue weighted by molar-refractivity contribution is -0.117. The zero-order chi connectivity index (χ0) is 19.6. The van der Waals surface area contributed by atoms with E-state index in [1.165, 1.54) is 0 Å². The number of nitrogens with one attached hydrogen (secondary N) is 1. The fourth-order valence-corrected chi connectivity index (χ4v) is 3.28. The minimum absolute atomic E-state index is 0.0119. The fraction of sp³-hybridized carbons (Fsp3) is 0.300. The number of ether oxygens (including phenoxy) is 1. The van der Waals surface area contributed by atoms with Crippen molar-refractivity contribution in [2.45, 2.75) is 25.8 Å². The van der Waals surface area contributed by atoms with Gasteiger partial charge in [-0.25, -0.2) is 13.6 Å². The van der Waals surface area contributed by atoms with E-state index in [4.69, 9.17) is 0 Å². The number of benzene rings is 2. The predicted molar refractivity (Wildman–Crippen MR) is 97.9 cm³/mol. The van der Waals surface area contributed by atoms with Gasteiger partial charge < -0.3 is 15.0 Å². The molecule has 0 saturated carbocycles. The van der Waals surface area contributed by atoms with E-state index in [0.29, 0.717) is 6.07 Å². The van der Waals surface area contributed by atoms with Gasteiger partial charge in [0.2, 0.25) is 5.91 Å². The first-order chi connectivity index (χ1) is 12.9. The Morgan fingerprint density at radius 3 is 2.70 bits per heavy atom. The molecule has 1 aliphatic rings. The van der Waals surface area contributed by atoms with Crippen LogP contribution in [0.3, 0.4) is 0 Å². The van der Waals surface area contributed by atoms with Crippen molar-refractivity contribution in [3.8, 4) is 0 Å². The quantitative estimate of drug-likeness (QED) is 0.832. The lowest BCUT2D eigenvalue weighted by Crippen LogP contribution is -2.44. The number of fused-ring (bicyclic) bond motifs is 1. The van der Waals surface area contributed by atoms with Crippen molar-refractivity contribution < 1.29 is 23.1 Å². The van der Waals surface area contributed by atoms with Gasteiger partial charge in [-0.3, -0.25) is 4.79 Å². The lowest BCUT2D eigenvalue weighted by Gasteiger charge is -2.35. The van der Waals surface area contributed by atoms with Crippen LogP contribution < -0.4 is 10.2 Å². The summed E-state index contributed by atoms with van der Waals surface area (Å²) < 4.78 is 32.2. The molecule has 27 heavy (non-hydrogen) atoms. The van der Waals surface area contributed by atoms with E-state index in [9.17, 15) is 18.4 Å². The van der Waals surface area contributed by atoms with Crippen LogP contribution in [0.2, 0.25) is 0 Å². The third kappa shape index (κ3) is 3.77. The number of halogens is 2. The summed E-state index contributed by atoms with van der Waals surface area (Å²) in [6.45, 7) is 1.77. The van der Waals surface area contributed by atoms with Crippen LogP contribution in [-0.2, 0) is 16.0 Å². The standard InChI is InChI=1S/C20H20F2N2O3/c1-12-7-8-13-5-3-4-6-18(13)24(12)19(25)11-23-17-9-14(20(26)27-2)15(21)10-16(17)22/h3-6,9-10,12,23H,7-8,11H2,1-2H3/t12-/m0/s1. The van der Waals surface area contributed by atoms with E-state index in [1.54, 1.807) is 4.90 Å². The van der Waals surface area contributed by atoms with E-state index in [-0.39, 0.29) is 24.2 Å². The minimum Gasteiger partial charge on any atom is -0.465 e. The molecule has 2 aromatic carbocycles. The maximum Gasteiger partial charge on any atom is 0.340 e. The number of hydrogen-bond donors (Lipinski definition) is 1. The molecule has 1 amide bonds. The first-order valence-electron chi connectivity index (χ1n) is 8.63. The van der Waals surface area contributed by atoms with Crippen LogP contribution in [-0.4, -0.2) is 31.6 Å². The Labute approximate surface area is 155 Å². The van der Waals surface area contributed by atoms with Crippen LogP contribution in [0.5, 0.6) is 0 Å². The number of aryl methyl sites for hydroxylation is 1. The molecular formula is C20H20F2N2O3. The highest BCUT2D eigenvalue weighted by atomic mass is 19.1. The van der Waals surface area contributed by atoms with E-state index in [2.05, 4.69) is 10.1 Å². The number of hydrogen-bond acceptors (Lipinski definition) is 4. The van der Waals surface area contributed by atoms with E-state index >= 15 is 0 Å². The summed E-state index contributed by atoms with van der Waals surface area (Å²) >= 11 is 0. The van der Waals surface area contributed by atoms with Gasteiger partial charge in [0.15, 0.2) is 0 Å². The maximum atomic E-state index is 14.0. The Morgan fingerprint density at radius 1 is 1.22 bits per heavy atom. The number of nitrogens with zero attached hydrogens (tertiary/aromatic N) is 1. The van der Waals surface area contributed by atoms with Crippen molar-refractivity contribution in [2.24, 2.45) is 0 Å². The Bertz CT molecular complexity index is 886. The number of para-hydroxylation sites is 1. The highest BCUT2D eigenvalue weighted by Gasteiger charge is 2.28. The Hall–Kier alpha value is -2.96. The van der Waals surface area contributed by atoms with Crippen LogP contribution >= 0.6 is 0 Å². The SMILES string of the molecule is COC(=O)c1cc(NCC(=O)N2c3ccccc3CC[C@@H]2C)c(F)cc1F. The molecule has 7 heteroatoms. The molecule has 142 valence electrons. The molecule has 1 heterocycles. The second kappa shape index (κ2) is 7.73. The molecule has 3 rings (SSSR count). The topological polar surface area (TPSA) is 58.6 Å². The third-order valence-corrected chi connectivity index (χ3v) is 4.68. The van der Waals surface area contributed by atoms with Crippen LogP contribution in [0.4, 0.5) is 20.2 Å². The van der Waals surface area contributed by atoms with Gasteiger partial charge in [0.05, 0.1) is 24.9 Å². The van der Waals surface area contributed by atoms with Gasteiger partial charge in [-0.1, -0.05) is 18.2 Å². The van der Waals surface area contributed by atoms with Crippen molar-refractivity contribution in [2.75, 3.05) is 23.9 Å². The Kier molecular flexibility index (Phi) is 5.39. The number of anilines is 2. The average Bonchev–Trinajstić information content (AvgIpc) is 2.66. The molecule has 0 radical (unpaired) electrons. The lowest BCUT2D eigenvalue weighted by atomic mass is 9.96. The second-order valence-electron chi connectivity index (χ2n) is 6.44. The average molecular weight is 374 g/mol. The summed E-state index contributed by atoms with van der Waals surface area (Å²) in [6.07, 6.45) is 1.73. The highest BCUT2D eigenvalue weighted by Crippen LogP contribution is 2.30. The molecule has 0 aromatic heterocycles. The molecule has 0 aliphatic carbocycles. The summed E-state index contributed by atoms with van der Waals surface area (Å²) in [5, 5.41) is 2.67. The minimum atomic E-state index is -1.02. The van der Waals surface area contributed by atoms with Crippen molar-refractivity contribution >= 4 is 23.3 Å². The van der Waals surface area contributed by atoms with Crippen molar-refractivity contribution in [1.29, 1.82) is 0 Å². The number of esters is 1. The molecule has 0 bridgehead atoms. The summed E-state index contributed by atoms with van der Waals surface area (Å²) in [5.41, 5.74) is 1.40. The van der Waals surface area contributed by atoms with E-state index in [0.717, 1.165) is 37.3 Å². The van der Waals surface area contributed by atoms with Crippen LogP contribution in [0.1, 0.15) is 29.3 Å². The Morgan fingerprint density at radius 2 is 1.96 bits per heavy atom. The molecule has 1 aliphatic heterocycles. The molecule has 0 spiro atoms. The summed E-state index contributed by atoms with van der Waals surface area (Å²) in [7, 11) is 1.11. The van der Waals surface area contributed by atoms with Crippen molar-refractivity contribution in [1.82, 2.24) is 0 Å². The van der Waals surface area contributed by atoms with Crippen molar-refractivity contribution in [3.63, 3.8) is 0 Å². The summed E-state index contributed by atoms with van der Waals surface area (Å²) in [5.74, 6) is -3.06. The zero-order valence-corrected chi connectivity index (χ0v) is 15.1. The molecular weight excluding hydrogens is 354 g/mol. The number of rotatable bonds is 4. The third-order valence-electron chi connectivity index (χ3n) is 4.68.